The van der Waals surface area contributed by atoms with Gasteiger partial charge in [0, 0.05) is 18.8 Å². The Kier molecular flexibility index (Phi) is 8.10. The quantitative estimate of drug-likeness (QED) is 0.377. The molecule has 1 unspecified atom stereocenters. The molecule has 1 saturated heterocycles. The lowest BCUT2D eigenvalue weighted by atomic mass is 10.0. The lowest BCUT2D eigenvalue weighted by molar-refractivity contribution is 0.0778. The predicted octanol–water partition coefficient (Wildman–Crippen LogP) is 3.17. The molecule has 1 heterocycles. The second-order valence-electron chi connectivity index (χ2n) is 7.15. The van der Waals surface area contributed by atoms with Crippen molar-refractivity contribution in [3.05, 3.63) is 35.4 Å². The minimum atomic E-state index is -0.620. The van der Waals surface area contributed by atoms with E-state index in [0.717, 1.165) is 49.8 Å². The van der Waals surface area contributed by atoms with Gasteiger partial charge in [0.2, 0.25) is 0 Å². The molecule has 2 rings (SSSR count). The maximum atomic E-state index is 10.4. The van der Waals surface area contributed by atoms with Crippen LogP contribution in [0.15, 0.2) is 29.3 Å². The van der Waals surface area contributed by atoms with Gasteiger partial charge in [-0.3, -0.25) is 4.99 Å². The van der Waals surface area contributed by atoms with Gasteiger partial charge in [0.05, 0.1) is 12.1 Å². The van der Waals surface area contributed by atoms with Crippen molar-refractivity contribution in [2.45, 2.75) is 51.6 Å². The van der Waals surface area contributed by atoms with E-state index in [-0.39, 0.29) is 0 Å². The first-order valence-electron chi connectivity index (χ1n) is 9.43. The minimum absolute atomic E-state index is 0.478. The highest BCUT2D eigenvalue weighted by Gasteiger charge is 2.31. The Labute approximate surface area is 156 Å². The van der Waals surface area contributed by atoms with Gasteiger partial charge in [-0.05, 0) is 49.0 Å². The standard InChI is InChI=1S/C20H33N3OS/c1-4-21-19(23-14-20(24)11-13-25-15-20)22-12-5-6-17-7-9-18(10-8-17)16(2)3/h7-10,16,24H,4-6,11-15H2,1-3H3,(H2,21,22,23). The summed E-state index contributed by atoms with van der Waals surface area (Å²) in [5.41, 5.74) is 2.16. The van der Waals surface area contributed by atoms with Crippen molar-refractivity contribution in [3.63, 3.8) is 0 Å². The molecular weight excluding hydrogens is 330 g/mol. The average Bonchev–Trinajstić information content (AvgIpc) is 3.04. The van der Waals surface area contributed by atoms with Crippen LogP contribution in [0.3, 0.4) is 0 Å². The van der Waals surface area contributed by atoms with Gasteiger partial charge in [-0.25, -0.2) is 0 Å². The molecule has 0 saturated carbocycles. The van der Waals surface area contributed by atoms with Crippen LogP contribution in [0.4, 0.5) is 0 Å². The molecule has 0 aliphatic carbocycles. The molecule has 1 aliphatic rings. The molecule has 0 bridgehead atoms. The van der Waals surface area contributed by atoms with E-state index in [4.69, 9.17) is 0 Å². The maximum Gasteiger partial charge on any atom is 0.191 e. The van der Waals surface area contributed by atoms with E-state index in [9.17, 15) is 5.11 Å². The predicted molar refractivity (Wildman–Crippen MR) is 110 cm³/mol. The van der Waals surface area contributed by atoms with Crippen LogP contribution in [-0.4, -0.2) is 47.8 Å². The molecule has 1 aromatic carbocycles. The summed E-state index contributed by atoms with van der Waals surface area (Å²) in [6.07, 6.45) is 2.96. The van der Waals surface area contributed by atoms with Crippen LogP contribution in [0.2, 0.25) is 0 Å². The summed E-state index contributed by atoms with van der Waals surface area (Å²) in [5, 5.41) is 17.1. The fourth-order valence-corrected chi connectivity index (χ4v) is 4.14. The third-order valence-corrected chi connectivity index (χ3v) is 5.77. The van der Waals surface area contributed by atoms with Crippen molar-refractivity contribution in [3.8, 4) is 0 Å². The van der Waals surface area contributed by atoms with Crippen molar-refractivity contribution >= 4 is 17.7 Å². The zero-order valence-electron chi connectivity index (χ0n) is 15.8. The molecule has 4 nitrogen and oxygen atoms in total. The van der Waals surface area contributed by atoms with Gasteiger partial charge >= 0.3 is 0 Å². The van der Waals surface area contributed by atoms with Gasteiger partial charge in [-0.15, -0.1) is 0 Å². The molecule has 1 aliphatic heterocycles. The van der Waals surface area contributed by atoms with Gasteiger partial charge < -0.3 is 15.7 Å². The first-order chi connectivity index (χ1) is 12.0. The normalized spacial score (nSPS) is 20.9. The van der Waals surface area contributed by atoms with Gasteiger partial charge in [0.25, 0.3) is 0 Å². The number of guanidine groups is 1. The van der Waals surface area contributed by atoms with E-state index in [2.05, 4.69) is 60.7 Å². The van der Waals surface area contributed by atoms with Crippen LogP contribution < -0.4 is 10.6 Å². The van der Waals surface area contributed by atoms with E-state index < -0.39 is 5.60 Å². The number of aryl methyl sites for hydroxylation is 1. The van der Waals surface area contributed by atoms with Gasteiger partial charge in [-0.2, -0.15) is 11.8 Å². The number of aliphatic imine (C=N–C) groups is 1. The Bertz CT molecular complexity index is 536. The molecule has 140 valence electrons. The summed E-state index contributed by atoms with van der Waals surface area (Å²) in [7, 11) is 0. The Hall–Kier alpha value is -1.20. The number of nitrogens with zero attached hydrogens (tertiary/aromatic N) is 1. The second kappa shape index (κ2) is 10.1. The number of aliphatic hydroxyl groups is 1. The van der Waals surface area contributed by atoms with Crippen LogP contribution >= 0.6 is 11.8 Å². The number of nitrogens with one attached hydrogen (secondary N) is 2. The Morgan fingerprint density at radius 1 is 1.28 bits per heavy atom. The summed E-state index contributed by atoms with van der Waals surface area (Å²) in [4.78, 5) is 4.57. The highest BCUT2D eigenvalue weighted by molar-refractivity contribution is 7.99. The van der Waals surface area contributed by atoms with Crippen LogP contribution in [0.25, 0.3) is 0 Å². The highest BCUT2D eigenvalue weighted by atomic mass is 32.2. The van der Waals surface area contributed by atoms with Crippen molar-refractivity contribution in [1.82, 2.24) is 10.6 Å². The summed E-state index contributed by atoms with van der Waals surface area (Å²) < 4.78 is 0. The van der Waals surface area contributed by atoms with Crippen LogP contribution in [-0.2, 0) is 6.42 Å². The average molecular weight is 364 g/mol. The monoisotopic (exact) mass is 363 g/mol. The van der Waals surface area contributed by atoms with Crippen LogP contribution in [0.1, 0.15) is 50.7 Å². The van der Waals surface area contributed by atoms with E-state index >= 15 is 0 Å². The molecule has 1 atom stereocenters. The molecule has 0 aromatic heterocycles. The molecule has 1 aromatic rings. The maximum absolute atomic E-state index is 10.4. The fraction of sp³-hybridized carbons (Fsp3) is 0.650. The minimum Gasteiger partial charge on any atom is -0.387 e. The van der Waals surface area contributed by atoms with E-state index in [1.54, 1.807) is 0 Å². The molecule has 0 spiro atoms. The zero-order chi connectivity index (χ0) is 18.1. The third-order valence-electron chi connectivity index (χ3n) is 4.54. The molecule has 5 heteroatoms. The fourth-order valence-electron chi connectivity index (χ4n) is 2.86. The molecule has 3 N–H and O–H groups in total. The Morgan fingerprint density at radius 2 is 2.04 bits per heavy atom. The largest absolute Gasteiger partial charge is 0.387 e. The number of rotatable bonds is 8. The van der Waals surface area contributed by atoms with Gasteiger partial charge in [-0.1, -0.05) is 38.1 Å². The lowest BCUT2D eigenvalue weighted by Crippen LogP contribution is -2.40. The number of hydrogen-bond donors (Lipinski definition) is 3. The third kappa shape index (κ3) is 6.90. The Balaban J connectivity index is 1.75. The number of benzene rings is 1. The Morgan fingerprint density at radius 3 is 2.64 bits per heavy atom. The molecular formula is C20H33N3OS. The second-order valence-corrected chi connectivity index (χ2v) is 8.25. The number of thioether (sulfide) groups is 1. The highest BCUT2D eigenvalue weighted by Crippen LogP contribution is 2.27. The van der Waals surface area contributed by atoms with Crippen molar-refractivity contribution in [2.24, 2.45) is 4.99 Å². The molecule has 0 amide bonds. The van der Waals surface area contributed by atoms with Crippen molar-refractivity contribution in [1.29, 1.82) is 0 Å². The van der Waals surface area contributed by atoms with Crippen LogP contribution in [0.5, 0.6) is 0 Å². The summed E-state index contributed by atoms with van der Waals surface area (Å²) in [6, 6.07) is 8.95. The van der Waals surface area contributed by atoms with Crippen molar-refractivity contribution in [2.75, 3.05) is 31.1 Å². The first-order valence-corrected chi connectivity index (χ1v) is 10.6. The van der Waals surface area contributed by atoms with Crippen molar-refractivity contribution < 1.29 is 5.11 Å². The molecule has 1 fully saturated rings. The van der Waals surface area contributed by atoms with E-state index in [0.29, 0.717) is 12.5 Å². The topological polar surface area (TPSA) is 56.7 Å². The lowest BCUT2D eigenvalue weighted by Gasteiger charge is -2.19. The SMILES string of the molecule is CCNC(=NCC1(O)CCSC1)NCCCc1ccc(C(C)C)cc1. The zero-order valence-corrected chi connectivity index (χ0v) is 16.7. The summed E-state index contributed by atoms with van der Waals surface area (Å²) in [5.74, 6) is 3.22. The molecule has 25 heavy (non-hydrogen) atoms. The van der Waals surface area contributed by atoms with Gasteiger partial charge in [0.1, 0.15) is 0 Å². The van der Waals surface area contributed by atoms with Gasteiger partial charge in [0.15, 0.2) is 5.96 Å². The van der Waals surface area contributed by atoms with E-state index in [1.807, 2.05) is 11.8 Å². The molecule has 0 radical (unpaired) electrons. The first kappa shape index (κ1) is 20.1. The number of hydrogen-bond acceptors (Lipinski definition) is 3. The summed E-state index contributed by atoms with van der Waals surface area (Å²) >= 11 is 1.81. The smallest absolute Gasteiger partial charge is 0.191 e. The van der Waals surface area contributed by atoms with Crippen LogP contribution in [0, 0.1) is 0 Å². The van der Waals surface area contributed by atoms with E-state index in [1.165, 1.54) is 11.1 Å². The summed E-state index contributed by atoms with van der Waals surface area (Å²) in [6.45, 7) is 8.70.